The highest BCUT2D eigenvalue weighted by Crippen LogP contribution is 2.31. The Bertz CT molecular complexity index is 274. The molecule has 0 aliphatic carbocycles. The van der Waals surface area contributed by atoms with E-state index in [1.54, 1.807) is 0 Å². The maximum absolute atomic E-state index is 5.74. The maximum Gasteiger partial charge on any atom is 0.0745 e. The van der Waals surface area contributed by atoms with Crippen molar-refractivity contribution >= 4 is 34.0 Å². The van der Waals surface area contributed by atoms with Gasteiger partial charge in [-0.05, 0) is 17.7 Å². The number of fused-ring (bicyclic) bond motifs is 1. The van der Waals surface area contributed by atoms with E-state index in [4.69, 9.17) is 10.5 Å². The van der Waals surface area contributed by atoms with Crippen molar-refractivity contribution in [3.63, 3.8) is 0 Å². The van der Waals surface area contributed by atoms with Crippen LogP contribution in [-0.2, 0) is 18.0 Å². The third kappa shape index (κ3) is 1.44. The Labute approximate surface area is 85.6 Å². The van der Waals surface area contributed by atoms with Crippen molar-refractivity contribution in [1.82, 2.24) is 0 Å². The summed E-state index contributed by atoms with van der Waals surface area (Å²) in [6.07, 6.45) is 0. The normalized spacial score (nSPS) is 13.8. The molecule has 0 radical (unpaired) electrons. The lowest BCUT2D eigenvalue weighted by Crippen LogP contribution is -1.93. The average Bonchev–Trinajstić information content (AvgIpc) is 2.45. The molecule has 1 heterocycles. The highest BCUT2D eigenvalue weighted by Gasteiger charge is 2.16. The van der Waals surface area contributed by atoms with Gasteiger partial charge in [-0.25, -0.2) is 0 Å². The van der Waals surface area contributed by atoms with Crippen molar-refractivity contribution in [2.24, 2.45) is 0 Å². The molecule has 0 spiro atoms. The lowest BCUT2D eigenvalue weighted by molar-refractivity contribution is 0.134. The quantitative estimate of drug-likeness (QED) is 0.718. The zero-order valence-electron chi connectivity index (χ0n) is 6.34. The molecule has 66 valence electrons. The zero-order chi connectivity index (χ0) is 7.84. The van der Waals surface area contributed by atoms with Crippen LogP contribution in [0.2, 0.25) is 0 Å². The first-order valence-corrected chi connectivity index (χ1v) is 4.22. The summed E-state index contributed by atoms with van der Waals surface area (Å²) < 4.78 is 6.36. The van der Waals surface area contributed by atoms with E-state index in [0.717, 1.165) is 15.7 Å². The van der Waals surface area contributed by atoms with E-state index in [1.165, 1.54) is 5.56 Å². The minimum Gasteiger partial charge on any atom is -0.398 e. The molecule has 0 aromatic heterocycles. The first-order chi connectivity index (χ1) is 5.29. The van der Waals surface area contributed by atoms with Gasteiger partial charge >= 0.3 is 0 Å². The highest BCUT2D eigenvalue weighted by atomic mass is 79.9. The van der Waals surface area contributed by atoms with Gasteiger partial charge in [0.25, 0.3) is 0 Å². The fourth-order valence-corrected chi connectivity index (χ4v) is 1.75. The fourth-order valence-electron chi connectivity index (χ4n) is 1.26. The van der Waals surface area contributed by atoms with Gasteiger partial charge < -0.3 is 10.5 Å². The molecule has 0 fully saturated rings. The molecule has 2 rings (SSSR count). The summed E-state index contributed by atoms with van der Waals surface area (Å²) in [5.74, 6) is 0. The summed E-state index contributed by atoms with van der Waals surface area (Å²) in [6.45, 7) is 1.33. The van der Waals surface area contributed by atoms with Crippen LogP contribution in [0.4, 0.5) is 5.69 Å². The summed E-state index contributed by atoms with van der Waals surface area (Å²) in [4.78, 5) is 0. The zero-order valence-corrected chi connectivity index (χ0v) is 8.74. The molecule has 1 aromatic rings. The van der Waals surface area contributed by atoms with E-state index in [2.05, 4.69) is 15.9 Å². The van der Waals surface area contributed by atoms with Gasteiger partial charge in [0.05, 0.1) is 13.2 Å². The smallest absolute Gasteiger partial charge is 0.0745 e. The van der Waals surface area contributed by atoms with Gasteiger partial charge in [-0.15, -0.1) is 12.4 Å². The van der Waals surface area contributed by atoms with Crippen LogP contribution in [0.25, 0.3) is 0 Å². The molecule has 2 nitrogen and oxygen atoms in total. The standard InChI is InChI=1S/C8H8BrNO.ClH/c9-7-1-2-8(10)6-4-11-3-5(6)7;/h1-2H,3-4,10H2;1H. The van der Waals surface area contributed by atoms with Gasteiger partial charge in [-0.3, -0.25) is 0 Å². The number of anilines is 1. The molecule has 0 atom stereocenters. The van der Waals surface area contributed by atoms with Crippen LogP contribution in [0.15, 0.2) is 16.6 Å². The van der Waals surface area contributed by atoms with Crippen LogP contribution in [0.1, 0.15) is 11.1 Å². The number of halogens is 2. The number of hydrogen-bond donors (Lipinski definition) is 1. The van der Waals surface area contributed by atoms with Gasteiger partial charge in [0.15, 0.2) is 0 Å². The molecule has 0 unspecified atom stereocenters. The van der Waals surface area contributed by atoms with Gasteiger partial charge in [-0.2, -0.15) is 0 Å². The van der Waals surface area contributed by atoms with Crippen LogP contribution in [0.3, 0.4) is 0 Å². The van der Waals surface area contributed by atoms with Crippen LogP contribution in [-0.4, -0.2) is 0 Å². The average molecular weight is 251 g/mol. The third-order valence-corrected chi connectivity index (χ3v) is 2.65. The predicted octanol–water partition coefficient (Wildman–Crippen LogP) is 2.48. The number of rotatable bonds is 0. The van der Waals surface area contributed by atoms with Crippen molar-refractivity contribution in [3.8, 4) is 0 Å². The third-order valence-electron chi connectivity index (χ3n) is 1.90. The predicted molar refractivity (Wildman–Crippen MR) is 54.3 cm³/mol. The molecule has 0 saturated carbocycles. The van der Waals surface area contributed by atoms with Crippen molar-refractivity contribution < 1.29 is 4.74 Å². The Kier molecular flexibility index (Phi) is 2.99. The summed E-state index contributed by atoms with van der Waals surface area (Å²) in [5.41, 5.74) is 8.91. The van der Waals surface area contributed by atoms with Crippen LogP contribution in [0, 0.1) is 0 Å². The molecule has 4 heteroatoms. The molecule has 0 bridgehead atoms. The molecule has 2 N–H and O–H groups in total. The Hall–Kier alpha value is -0.250. The van der Waals surface area contributed by atoms with Gasteiger partial charge in [0.2, 0.25) is 0 Å². The molecular weight excluding hydrogens is 241 g/mol. The van der Waals surface area contributed by atoms with Gasteiger partial charge in [0.1, 0.15) is 0 Å². The SMILES string of the molecule is Cl.Nc1ccc(Br)c2c1COC2. The molecular formula is C8H9BrClNO. The van der Waals surface area contributed by atoms with Crippen LogP contribution >= 0.6 is 28.3 Å². The second kappa shape index (κ2) is 3.64. The molecule has 0 amide bonds. The van der Waals surface area contributed by atoms with Gasteiger partial charge in [-0.1, -0.05) is 15.9 Å². The number of nitrogens with two attached hydrogens (primary N) is 1. The Morgan fingerprint density at radius 1 is 1.25 bits per heavy atom. The van der Waals surface area contributed by atoms with Crippen molar-refractivity contribution in [3.05, 3.63) is 27.7 Å². The number of benzene rings is 1. The summed E-state index contributed by atoms with van der Waals surface area (Å²) in [6, 6.07) is 3.86. The number of hydrogen-bond acceptors (Lipinski definition) is 2. The fraction of sp³-hybridized carbons (Fsp3) is 0.250. The first kappa shape index (κ1) is 9.84. The summed E-state index contributed by atoms with van der Waals surface area (Å²) in [7, 11) is 0. The summed E-state index contributed by atoms with van der Waals surface area (Å²) >= 11 is 3.45. The Morgan fingerprint density at radius 3 is 2.58 bits per heavy atom. The van der Waals surface area contributed by atoms with E-state index < -0.39 is 0 Å². The largest absolute Gasteiger partial charge is 0.398 e. The van der Waals surface area contributed by atoms with E-state index in [0.29, 0.717) is 13.2 Å². The topological polar surface area (TPSA) is 35.2 Å². The summed E-state index contributed by atoms with van der Waals surface area (Å²) in [5, 5.41) is 0. The Morgan fingerprint density at radius 2 is 1.92 bits per heavy atom. The highest BCUT2D eigenvalue weighted by molar-refractivity contribution is 9.10. The molecule has 1 aliphatic heterocycles. The lowest BCUT2D eigenvalue weighted by atomic mass is 10.1. The van der Waals surface area contributed by atoms with E-state index in [-0.39, 0.29) is 12.4 Å². The van der Waals surface area contributed by atoms with Crippen LogP contribution < -0.4 is 5.73 Å². The van der Waals surface area contributed by atoms with Crippen molar-refractivity contribution in [2.45, 2.75) is 13.2 Å². The van der Waals surface area contributed by atoms with Crippen molar-refractivity contribution in [1.29, 1.82) is 0 Å². The van der Waals surface area contributed by atoms with E-state index in [9.17, 15) is 0 Å². The second-order valence-electron chi connectivity index (χ2n) is 2.59. The first-order valence-electron chi connectivity index (χ1n) is 3.42. The number of nitrogen functional groups attached to an aromatic ring is 1. The Balaban J connectivity index is 0.000000720. The molecule has 1 aromatic carbocycles. The van der Waals surface area contributed by atoms with Gasteiger partial charge in [0, 0.05) is 15.7 Å². The maximum atomic E-state index is 5.74. The van der Waals surface area contributed by atoms with Crippen LogP contribution in [0.5, 0.6) is 0 Å². The second-order valence-corrected chi connectivity index (χ2v) is 3.44. The minimum atomic E-state index is 0. The monoisotopic (exact) mass is 249 g/mol. The van der Waals surface area contributed by atoms with E-state index >= 15 is 0 Å². The number of ether oxygens (including phenoxy) is 1. The molecule has 12 heavy (non-hydrogen) atoms. The lowest BCUT2D eigenvalue weighted by Gasteiger charge is -2.02. The molecule has 0 saturated heterocycles. The van der Waals surface area contributed by atoms with E-state index in [1.807, 2.05) is 12.1 Å². The molecule has 1 aliphatic rings. The van der Waals surface area contributed by atoms with Crippen molar-refractivity contribution in [2.75, 3.05) is 5.73 Å². The minimum absolute atomic E-state index is 0.